The van der Waals surface area contributed by atoms with Crippen molar-refractivity contribution in [1.82, 2.24) is 0 Å². The highest BCUT2D eigenvalue weighted by Crippen LogP contribution is 2.30. The van der Waals surface area contributed by atoms with Gasteiger partial charge in [-0.2, -0.15) is 13.2 Å². The van der Waals surface area contributed by atoms with Crippen molar-refractivity contribution in [1.29, 1.82) is 0 Å². The van der Waals surface area contributed by atoms with Gasteiger partial charge in [0.05, 0.1) is 12.2 Å². The van der Waals surface area contributed by atoms with Crippen LogP contribution in [-0.2, 0) is 17.3 Å². The molecule has 0 bridgehead atoms. The first kappa shape index (κ1) is 19.9. The molecule has 21 heavy (non-hydrogen) atoms. The van der Waals surface area contributed by atoms with Gasteiger partial charge >= 0.3 is 6.18 Å². The number of aryl methyl sites for hydroxylation is 2. The van der Waals surface area contributed by atoms with Crippen molar-refractivity contribution < 1.29 is 17.9 Å². The molecule has 1 atom stereocenters. The number of hydrogen-bond acceptors (Lipinski definition) is 2. The van der Waals surface area contributed by atoms with Crippen molar-refractivity contribution in [3.63, 3.8) is 0 Å². The Kier molecular flexibility index (Phi) is 9.29. The zero-order valence-electron chi connectivity index (χ0n) is 13.3. The molecule has 0 aliphatic heterocycles. The normalized spacial score (nSPS) is 12.6. The molecule has 2 nitrogen and oxygen atoms in total. The van der Waals surface area contributed by atoms with Gasteiger partial charge in [0.25, 0.3) is 0 Å². The van der Waals surface area contributed by atoms with Gasteiger partial charge in [-0.1, -0.05) is 25.5 Å². The second kappa shape index (κ2) is 9.79. The molecule has 5 heteroatoms. The number of methoxy groups -OCH3 is 1. The number of halogens is 3. The van der Waals surface area contributed by atoms with E-state index in [1.165, 1.54) is 12.1 Å². The highest BCUT2D eigenvalue weighted by atomic mass is 19.4. The molecule has 1 aromatic carbocycles. The van der Waals surface area contributed by atoms with Crippen LogP contribution in [-0.4, -0.2) is 19.8 Å². The molecule has 0 spiro atoms. The molecular formula is C16H26F3NO. The van der Waals surface area contributed by atoms with Crippen molar-refractivity contribution >= 4 is 0 Å². The van der Waals surface area contributed by atoms with Crippen LogP contribution in [0.5, 0.6) is 0 Å². The minimum Gasteiger partial charge on any atom is -0.383 e. The molecule has 0 aliphatic rings. The maximum absolute atomic E-state index is 12.7. The van der Waals surface area contributed by atoms with E-state index in [0.717, 1.165) is 12.8 Å². The number of benzene rings is 1. The van der Waals surface area contributed by atoms with Crippen molar-refractivity contribution in [2.75, 3.05) is 13.7 Å². The minimum atomic E-state index is -4.28. The van der Waals surface area contributed by atoms with E-state index in [4.69, 9.17) is 10.5 Å². The smallest absolute Gasteiger partial charge is 0.383 e. The lowest BCUT2D eigenvalue weighted by atomic mass is 10.0. The molecule has 122 valence electrons. The molecule has 2 N–H and O–H groups in total. The molecule has 0 aromatic heterocycles. The number of ether oxygens (including phenoxy) is 1. The van der Waals surface area contributed by atoms with Crippen LogP contribution in [0.1, 0.15) is 43.4 Å². The number of rotatable bonds is 6. The van der Waals surface area contributed by atoms with Crippen molar-refractivity contribution in [2.24, 2.45) is 5.73 Å². The molecule has 0 aliphatic carbocycles. The van der Waals surface area contributed by atoms with E-state index in [9.17, 15) is 13.2 Å². The average Bonchev–Trinajstić information content (AvgIpc) is 2.40. The van der Waals surface area contributed by atoms with E-state index in [1.807, 2.05) is 13.8 Å². The average molecular weight is 305 g/mol. The third-order valence-electron chi connectivity index (χ3n) is 2.89. The molecule has 1 rings (SSSR count). The first-order valence-corrected chi connectivity index (χ1v) is 7.25. The Bertz CT molecular complexity index is 405. The van der Waals surface area contributed by atoms with Gasteiger partial charge < -0.3 is 10.5 Å². The Labute approximate surface area is 125 Å². The van der Waals surface area contributed by atoms with Crippen LogP contribution >= 0.6 is 0 Å². The largest absolute Gasteiger partial charge is 0.416 e. The SMILES string of the molecule is CC.COCC(N)CCCc1cc(C)cc(C(F)(F)F)c1. The van der Waals surface area contributed by atoms with Crippen LogP contribution in [0, 0.1) is 6.92 Å². The summed E-state index contributed by atoms with van der Waals surface area (Å²) in [7, 11) is 1.58. The van der Waals surface area contributed by atoms with Crippen LogP contribution < -0.4 is 5.73 Å². The predicted octanol–water partition coefficient (Wildman–Crippen LogP) is 4.34. The van der Waals surface area contributed by atoms with Gasteiger partial charge in [-0.3, -0.25) is 0 Å². The zero-order chi connectivity index (χ0) is 16.5. The topological polar surface area (TPSA) is 35.2 Å². The fourth-order valence-corrected chi connectivity index (χ4v) is 2.04. The summed E-state index contributed by atoms with van der Waals surface area (Å²) >= 11 is 0. The Morgan fingerprint density at radius 2 is 1.81 bits per heavy atom. The molecule has 1 aromatic rings. The van der Waals surface area contributed by atoms with Gasteiger partial charge in [-0.05, 0) is 43.9 Å². The van der Waals surface area contributed by atoms with Crippen LogP contribution in [0.4, 0.5) is 13.2 Å². The summed E-state index contributed by atoms with van der Waals surface area (Å²) in [4.78, 5) is 0. The third-order valence-corrected chi connectivity index (χ3v) is 2.89. The monoisotopic (exact) mass is 305 g/mol. The fraction of sp³-hybridized carbons (Fsp3) is 0.625. The minimum absolute atomic E-state index is 0.0584. The second-order valence-corrected chi connectivity index (χ2v) is 4.81. The summed E-state index contributed by atoms with van der Waals surface area (Å²) in [5.41, 5.74) is 6.53. The van der Waals surface area contributed by atoms with E-state index in [2.05, 4.69) is 0 Å². The quantitative estimate of drug-likeness (QED) is 0.848. The maximum atomic E-state index is 12.7. The van der Waals surface area contributed by atoms with E-state index < -0.39 is 11.7 Å². The number of hydrogen-bond donors (Lipinski definition) is 1. The lowest BCUT2D eigenvalue weighted by Crippen LogP contribution is -2.25. The van der Waals surface area contributed by atoms with Crippen LogP contribution in [0.2, 0.25) is 0 Å². The molecule has 0 saturated heterocycles. The second-order valence-electron chi connectivity index (χ2n) is 4.81. The Morgan fingerprint density at radius 1 is 1.19 bits per heavy atom. The number of nitrogens with two attached hydrogens (primary N) is 1. The maximum Gasteiger partial charge on any atom is 0.416 e. The zero-order valence-corrected chi connectivity index (χ0v) is 13.3. The Morgan fingerprint density at radius 3 is 2.33 bits per heavy atom. The predicted molar refractivity (Wildman–Crippen MR) is 80.3 cm³/mol. The van der Waals surface area contributed by atoms with Gasteiger partial charge in [0, 0.05) is 13.2 Å². The van der Waals surface area contributed by atoms with Gasteiger partial charge in [0.15, 0.2) is 0 Å². The van der Waals surface area contributed by atoms with Gasteiger partial charge in [-0.15, -0.1) is 0 Å². The molecular weight excluding hydrogens is 279 g/mol. The van der Waals surface area contributed by atoms with E-state index in [1.54, 1.807) is 20.1 Å². The summed E-state index contributed by atoms with van der Waals surface area (Å²) < 4.78 is 42.9. The summed E-state index contributed by atoms with van der Waals surface area (Å²) in [5.74, 6) is 0. The molecule has 0 saturated carbocycles. The van der Waals surface area contributed by atoms with Crippen LogP contribution in [0.25, 0.3) is 0 Å². The van der Waals surface area contributed by atoms with Crippen molar-refractivity contribution in [2.45, 2.75) is 52.3 Å². The van der Waals surface area contributed by atoms with Crippen LogP contribution in [0.3, 0.4) is 0 Å². The summed E-state index contributed by atoms with van der Waals surface area (Å²) in [5, 5.41) is 0. The molecule has 0 heterocycles. The lowest BCUT2D eigenvalue weighted by Gasteiger charge is -2.12. The van der Waals surface area contributed by atoms with Crippen LogP contribution in [0.15, 0.2) is 18.2 Å². The summed E-state index contributed by atoms with van der Waals surface area (Å²) in [6.07, 6.45) is -2.19. The molecule has 0 radical (unpaired) electrons. The van der Waals surface area contributed by atoms with E-state index in [0.29, 0.717) is 24.2 Å². The van der Waals surface area contributed by atoms with Gasteiger partial charge in [0.2, 0.25) is 0 Å². The molecule has 0 fully saturated rings. The summed E-state index contributed by atoms with van der Waals surface area (Å²) in [6.45, 7) is 6.15. The molecule has 1 unspecified atom stereocenters. The number of alkyl halides is 3. The van der Waals surface area contributed by atoms with Crippen molar-refractivity contribution in [3.8, 4) is 0 Å². The fourth-order valence-electron chi connectivity index (χ4n) is 2.04. The summed E-state index contributed by atoms with van der Waals surface area (Å²) in [6, 6.07) is 4.11. The van der Waals surface area contributed by atoms with E-state index in [-0.39, 0.29) is 6.04 Å². The molecule has 0 amide bonds. The Hall–Kier alpha value is -1.07. The first-order chi connectivity index (χ1) is 9.82. The lowest BCUT2D eigenvalue weighted by molar-refractivity contribution is -0.137. The standard InChI is InChI=1S/C14H20F3NO.C2H6/c1-10-6-11(4-3-5-13(18)9-19-2)8-12(7-10)14(15,16)17;1-2/h6-8,13H,3-5,9,18H2,1-2H3;1-2H3. The van der Waals surface area contributed by atoms with Gasteiger partial charge in [-0.25, -0.2) is 0 Å². The van der Waals surface area contributed by atoms with Gasteiger partial charge in [0.1, 0.15) is 0 Å². The first-order valence-electron chi connectivity index (χ1n) is 7.25. The highest BCUT2D eigenvalue weighted by molar-refractivity contribution is 5.31. The van der Waals surface area contributed by atoms with Crippen molar-refractivity contribution in [3.05, 3.63) is 34.9 Å². The van der Waals surface area contributed by atoms with E-state index >= 15 is 0 Å². The third kappa shape index (κ3) is 8.07. The highest BCUT2D eigenvalue weighted by Gasteiger charge is 2.30. The Balaban J connectivity index is 0.00000191.